The summed E-state index contributed by atoms with van der Waals surface area (Å²) in [5.74, 6) is -0.986. The summed E-state index contributed by atoms with van der Waals surface area (Å²) in [5, 5.41) is 12.3. The molecule has 18 heavy (non-hydrogen) atoms. The summed E-state index contributed by atoms with van der Waals surface area (Å²) in [5.41, 5.74) is 0.686. The third-order valence-corrected chi connectivity index (χ3v) is 3.26. The number of aliphatic carboxylic acids is 1. The van der Waals surface area contributed by atoms with Gasteiger partial charge in [0.2, 0.25) is 0 Å². The molecule has 1 aliphatic carbocycles. The molecule has 1 aliphatic rings. The van der Waals surface area contributed by atoms with Crippen LogP contribution in [0.15, 0.2) is 18.3 Å². The zero-order valence-corrected chi connectivity index (χ0v) is 10.3. The van der Waals surface area contributed by atoms with Crippen LogP contribution in [0, 0.1) is 11.7 Å². The second kappa shape index (κ2) is 5.44. The van der Waals surface area contributed by atoms with Gasteiger partial charge < -0.3 is 5.11 Å². The summed E-state index contributed by atoms with van der Waals surface area (Å²) in [4.78, 5) is 15.2. The Labute approximate surface area is 105 Å². The van der Waals surface area contributed by atoms with Crippen LogP contribution in [0.25, 0.3) is 0 Å². The minimum atomic E-state index is -0.821. The van der Waals surface area contributed by atoms with Gasteiger partial charge in [-0.25, -0.2) is 4.39 Å². The Kier molecular flexibility index (Phi) is 3.91. The first-order valence-electron chi connectivity index (χ1n) is 6.22. The molecule has 2 unspecified atom stereocenters. The third kappa shape index (κ3) is 3.04. The smallest absolute Gasteiger partial charge is 0.321 e. The van der Waals surface area contributed by atoms with E-state index in [0.717, 1.165) is 25.5 Å². The van der Waals surface area contributed by atoms with Gasteiger partial charge in [0.1, 0.15) is 11.9 Å². The molecule has 2 rings (SSSR count). The molecule has 1 saturated carbocycles. The van der Waals surface area contributed by atoms with Gasteiger partial charge in [-0.2, -0.15) is 0 Å². The average molecular weight is 252 g/mol. The number of pyridine rings is 1. The van der Waals surface area contributed by atoms with E-state index in [-0.39, 0.29) is 17.8 Å². The quantitative estimate of drug-likeness (QED) is 0.814. The van der Waals surface area contributed by atoms with E-state index in [9.17, 15) is 14.3 Å². The molecule has 0 saturated heterocycles. The predicted molar refractivity (Wildman–Crippen MR) is 64.5 cm³/mol. The number of carbonyl (C=O) groups is 1. The van der Waals surface area contributed by atoms with Crippen molar-refractivity contribution in [1.29, 1.82) is 0 Å². The minimum absolute atomic E-state index is 0.146. The Balaban J connectivity index is 2.08. The zero-order valence-electron chi connectivity index (χ0n) is 10.3. The first-order valence-corrected chi connectivity index (χ1v) is 6.22. The lowest BCUT2D eigenvalue weighted by Crippen LogP contribution is -2.41. The fraction of sp³-hybridized carbons (Fsp3) is 0.538. The van der Waals surface area contributed by atoms with Gasteiger partial charge in [-0.05, 0) is 37.3 Å². The molecule has 98 valence electrons. The minimum Gasteiger partial charge on any atom is -0.480 e. The van der Waals surface area contributed by atoms with E-state index in [1.54, 1.807) is 6.07 Å². The molecule has 2 N–H and O–H groups in total. The van der Waals surface area contributed by atoms with E-state index in [1.807, 2.05) is 6.92 Å². The fourth-order valence-corrected chi connectivity index (χ4v) is 2.06. The number of carboxylic acids is 1. The van der Waals surface area contributed by atoms with Crippen LogP contribution >= 0.6 is 0 Å². The highest BCUT2D eigenvalue weighted by Gasteiger charge is 2.37. The Bertz CT molecular complexity index is 418. The lowest BCUT2D eigenvalue weighted by molar-refractivity contribution is -0.140. The van der Waals surface area contributed by atoms with Crippen molar-refractivity contribution in [3.05, 3.63) is 29.8 Å². The Morgan fingerprint density at radius 3 is 2.78 bits per heavy atom. The van der Waals surface area contributed by atoms with Crippen molar-refractivity contribution in [2.75, 3.05) is 0 Å². The monoisotopic (exact) mass is 252 g/mol. The highest BCUT2D eigenvalue weighted by Crippen LogP contribution is 2.34. The van der Waals surface area contributed by atoms with Gasteiger partial charge in [-0.1, -0.05) is 6.92 Å². The second-order valence-corrected chi connectivity index (χ2v) is 4.68. The van der Waals surface area contributed by atoms with E-state index in [0.29, 0.717) is 5.69 Å². The average Bonchev–Trinajstić information content (AvgIpc) is 3.16. The molecule has 0 spiro atoms. The molecule has 1 aromatic heterocycles. The van der Waals surface area contributed by atoms with Crippen LogP contribution in [0.3, 0.4) is 0 Å². The van der Waals surface area contributed by atoms with Crippen LogP contribution in [0.2, 0.25) is 0 Å². The first kappa shape index (κ1) is 13.0. The van der Waals surface area contributed by atoms with Gasteiger partial charge >= 0.3 is 5.97 Å². The second-order valence-electron chi connectivity index (χ2n) is 4.68. The first-order chi connectivity index (χ1) is 8.61. The van der Waals surface area contributed by atoms with Crippen LogP contribution in [0.1, 0.15) is 37.9 Å². The number of aromatic nitrogens is 1. The molecular weight excluding hydrogens is 235 g/mol. The molecule has 1 fully saturated rings. The zero-order chi connectivity index (χ0) is 13.1. The molecule has 2 atom stereocenters. The van der Waals surface area contributed by atoms with Crippen LogP contribution in [0.5, 0.6) is 0 Å². The maximum absolute atomic E-state index is 12.8. The molecule has 0 radical (unpaired) electrons. The molecule has 0 bridgehead atoms. The van der Waals surface area contributed by atoms with Crippen molar-refractivity contribution in [3.63, 3.8) is 0 Å². The summed E-state index contributed by atoms with van der Waals surface area (Å²) < 4.78 is 12.8. The van der Waals surface area contributed by atoms with Crippen LogP contribution < -0.4 is 5.32 Å². The summed E-state index contributed by atoms with van der Waals surface area (Å²) in [7, 11) is 0. The number of halogens is 1. The van der Waals surface area contributed by atoms with E-state index < -0.39 is 12.0 Å². The Hall–Kier alpha value is -1.49. The normalized spacial score (nSPS) is 18.3. The maximum atomic E-state index is 12.8. The number of carboxylic acid groups (broad SMARTS) is 1. The van der Waals surface area contributed by atoms with E-state index >= 15 is 0 Å². The number of nitrogens with one attached hydrogen (secondary N) is 1. The molecule has 0 amide bonds. The van der Waals surface area contributed by atoms with Crippen molar-refractivity contribution in [3.8, 4) is 0 Å². The molecule has 1 heterocycles. The van der Waals surface area contributed by atoms with Gasteiger partial charge in [0.25, 0.3) is 0 Å². The number of nitrogens with zero attached hydrogens (tertiary/aromatic N) is 1. The SMILES string of the molecule is CCC(NC(C(=O)O)C1CC1)c1ccc(F)cn1. The molecule has 1 aromatic rings. The summed E-state index contributed by atoms with van der Waals surface area (Å²) in [6.07, 6.45) is 3.79. The van der Waals surface area contributed by atoms with Gasteiger partial charge in [-0.3, -0.25) is 15.1 Å². The van der Waals surface area contributed by atoms with Crippen LogP contribution in [0.4, 0.5) is 4.39 Å². The Morgan fingerprint density at radius 1 is 1.61 bits per heavy atom. The van der Waals surface area contributed by atoms with Crippen molar-refractivity contribution in [2.45, 2.75) is 38.3 Å². The maximum Gasteiger partial charge on any atom is 0.321 e. The highest BCUT2D eigenvalue weighted by atomic mass is 19.1. The summed E-state index contributed by atoms with van der Waals surface area (Å²) >= 11 is 0. The van der Waals surface area contributed by atoms with Crippen LogP contribution in [-0.4, -0.2) is 22.1 Å². The van der Waals surface area contributed by atoms with Crippen molar-refractivity contribution >= 4 is 5.97 Å². The standard InChI is InChI=1S/C13H17FN2O2/c1-2-10(11-6-5-9(14)7-15-11)16-12(13(17)18)8-3-4-8/h5-8,10,12,16H,2-4H2,1H3,(H,17,18). The summed E-state index contributed by atoms with van der Waals surface area (Å²) in [6, 6.07) is 2.27. The van der Waals surface area contributed by atoms with Gasteiger partial charge in [0.05, 0.1) is 11.9 Å². The van der Waals surface area contributed by atoms with Gasteiger partial charge in [-0.15, -0.1) is 0 Å². The van der Waals surface area contributed by atoms with Gasteiger partial charge in [0.15, 0.2) is 0 Å². The largest absolute Gasteiger partial charge is 0.480 e. The number of hydrogen-bond acceptors (Lipinski definition) is 3. The predicted octanol–water partition coefficient (Wildman–Crippen LogP) is 2.12. The van der Waals surface area contributed by atoms with Crippen molar-refractivity contribution in [1.82, 2.24) is 10.3 Å². The molecular formula is C13H17FN2O2. The van der Waals surface area contributed by atoms with E-state index in [4.69, 9.17) is 0 Å². The fourth-order valence-electron chi connectivity index (χ4n) is 2.06. The number of rotatable bonds is 6. The molecule has 0 aliphatic heterocycles. The summed E-state index contributed by atoms with van der Waals surface area (Å²) in [6.45, 7) is 1.95. The lowest BCUT2D eigenvalue weighted by atomic mass is 10.1. The van der Waals surface area contributed by atoms with E-state index in [2.05, 4.69) is 10.3 Å². The molecule has 4 nitrogen and oxygen atoms in total. The highest BCUT2D eigenvalue weighted by molar-refractivity contribution is 5.74. The lowest BCUT2D eigenvalue weighted by Gasteiger charge is -2.21. The third-order valence-electron chi connectivity index (χ3n) is 3.26. The Morgan fingerprint density at radius 2 is 2.33 bits per heavy atom. The topological polar surface area (TPSA) is 62.2 Å². The number of hydrogen-bond donors (Lipinski definition) is 2. The van der Waals surface area contributed by atoms with Crippen LogP contribution in [-0.2, 0) is 4.79 Å². The van der Waals surface area contributed by atoms with Crippen molar-refractivity contribution < 1.29 is 14.3 Å². The van der Waals surface area contributed by atoms with Gasteiger partial charge in [0, 0.05) is 6.04 Å². The van der Waals surface area contributed by atoms with E-state index in [1.165, 1.54) is 6.07 Å². The van der Waals surface area contributed by atoms with Crippen molar-refractivity contribution in [2.24, 2.45) is 5.92 Å². The molecule has 5 heteroatoms. The molecule has 0 aromatic carbocycles.